The highest BCUT2D eigenvalue weighted by atomic mass is 16.3. The summed E-state index contributed by atoms with van der Waals surface area (Å²) in [5, 5.41) is 14.6. The van der Waals surface area contributed by atoms with Crippen LogP contribution in [0.5, 0.6) is 0 Å². The Morgan fingerprint density at radius 1 is 1.32 bits per heavy atom. The molecular formula is C14H24N2O3. The van der Waals surface area contributed by atoms with Gasteiger partial charge in [0.05, 0.1) is 0 Å². The first-order chi connectivity index (χ1) is 9.06. The van der Waals surface area contributed by atoms with Crippen molar-refractivity contribution >= 4 is 11.8 Å². The molecule has 2 saturated carbocycles. The van der Waals surface area contributed by atoms with Gasteiger partial charge in [-0.3, -0.25) is 9.59 Å². The first-order valence-electron chi connectivity index (χ1n) is 7.22. The first-order valence-corrected chi connectivity index (χ1v) is 7.22. The number of carbonyl (C=O) groups is 2. The second-order valence-corrected chi connectivity index (χ2v) is 6.11. The standard InChI is InChI=1S/C14H24N2O3/c1-10-8-11(10)13(19)15-6-2-12(18)16-9-14(3-4-14)5-7-17/h10-11,17H,2-9H2,1H3,(H,15,19)(H,16,18). The fraction of sp³-hybridized carbons (Fsp3) is 0.857. The van der Waals surface area contributed by atoms with Gasteiger partial charge in [0.25, 0.3) is 0 Å². The molecule has 2 aliphatic carbocycles. The molecule has 2 aliphatic rings. The third kappa shape index (κ3) is 4.20. The van der Waals surface area contributed by atoms with Crippen molar-refractivity contribution in [2.24, 2.45) is 17.3 Å². The number of nitrogens with one attached hydrogen (secondary N) is 2. The molecular weight excluding hydrogens is 244 g/mol. The van der Waals surface area contributed by atoms with Crippen molar-refractivity contribution in [3.63, 3.8) is 0 Å². The summed E-state index contributed by atoms with van der Waals surface area (Å²) in [4.78, 5) is 23.2. The van der Waals surface area contributed by atoms with E-state index in [0.29, 0.717) is 25.4 Å². The van der Waals surface area contributed by atoms with Crippen LogP contribution in [0.25, 0.3) is 0 Å². The molecule has 2 rings (SSSR count). The molecule has 0 spiro atoms. The maximum atomic E-state index is 11.6. The molecule has 2 unspecified atom stereocenters. The number of hydrogen-bond acceptors (Lipinski definition) is 3. The minimum Gasteiger partial charge on any atom is -0.396 e. The molecule has 108 valence electrons. The van der Waals surface area contributed by atoms with E-state index < -0.39 is 0 Å². The highest BCUT2D eigenvalue weighted by Gasteiger charge is 2.42. The number of aliphatic hydroxyl groups excluding tert-OH is 1. The highest BCUT2D eigenvalue weighted by Crippen LogP contribution is 2.47. The van der Waals surface area contributed by atoms with Crippen molar-refractivity contribution in [2.75, 3.05) is 19.7 Å². The fourth-order valence-corrected chi connectivity index (χ4v) is 2.42. The molecule has 19 heavy (non-hydrogen) atoms. The van der Waals surface area contributed by atoms with Crippen LogP contribution >= 0.6 is 0 Å². The zero-order valence-corrected chi connectivity index (χ0v) is 11.6. The molecule has 5 heteroatoms. The molecule has 0 radical (unpaired) electrons. The third-order valence-electron chi connectivity index (χ3n) is 4.36. The quantitative estimate of drug-likeness (QED) is 0.597. The zero-order valence-electron chi connectivity index (χ0n) is 11.6. The lowest BCUT2D eigenvalue weighted by Crippen LogP contribution is -2.34. The average Bonchev–Trinajstić information content (AvgIpc) is 3.26. The van der Waals surface area contributed by atoms with Crippen molar-refractivity contribution in [3.05, 3.63) is 0 Å². The average molecular weight is 268 g/mol. The van der Waals surface area contributed by atoms with Crippen LogP contribution in [0.3, 0.4) is 0 Å². The zero-order chi connectivity index (χ0) is 13.9. The maximum Gasteiger partial charge on any atom is 0.223 e. The van der Waals surface area contributed by atoms with Gasteiger partial charge in [-0.05, 0) is 37.0 Å². The van der Waals surface area contributed by atoms with E-state index in [4.69, 9.17) is 5.11 Å². The summed E-state index contributed by atoms with van der Waals surface area (Å²) in [6.07, 6.45) is 4.25. The molecule has 0 aromatic rings. The molecule has 2 atom stereocenters. The Labute approximate surface area is 114 Å². The van der Waals surface area contributed by atoms with E-state index in [1.165, 1.54) is 0 Å². The largest absolute Gasteiger partial charge is 0.396 e. The van der Waals surface area contributed by atoms with Crippen molar-refractivity contribution in [1.82, 2.24) is 10.6 Å². The summed E-state index contributed by atoms with van der Waals surface area (Å²) in [6, 6.07) is 0. The van der Waals surface area contributed by atoms with Gasteiger partial charge in [-0.1, -0.05) is 6.92 Å². The molecule has 0 bridgehead atoms. The van der Waals surface area contributed by atoms with Gasteiger partial charge in [0, 0.05) is 32.0 Å². The van der Waals surface area contributed by atoms with Crippen LogP contribution in [0.1, 0.15) is 39.0 Å². The van der Waals surface area contributed by atoms with Gasteiger partial charge >= 0.3 is 0 Å². The number of carbonyl (C=O) groups excluding carboxylic acids is 2. The number of hydrogen-bond donors (Lipinski definition) is 3. The maximum absolute atomic E-state index is 11.6. The minimum absolute atomic E-state index is 0.0200. The molecule has 0 aromatic carbocycles. The van der Waals surface area contributed by atoms with Gasteiger partial charge < -0.3 is 15.7 Å². The summed E-state index contributed by atoms with van der Waals surface area (Å²) in [7, 11) is 0. The molecule has 0 aliphatic heterocycles. The van der Waals surface area contributed by atoms with E-state index in [9.17, 15) is 9.59 Å². The second kappa shape index (κ2) is 5.90. The first kappa shape index (κ1) is 14.3. The predicted octanol–water partition coefficient (Wildman–Crippen LogP) is 0.428. The van der Waals surface area contributed by atoms with Crippen LogP contribution in [0.15, 0.2) is 0 Å². The van der Waals surface area contributed by atoms with Crippen LogP contribution in [0, 0.1) is 17.3 Å². The normalized spacial score (nSPS) is 26.6. The van der Waals surface area contributed by atoms with Gasteiger partial charge in [-0.2, -0.15) is 0 Å². The van der Waals surface area contributed by atoms with Gasteiger partial charge in [0.1, 0.15) is 0 Å². The number of aliphatic hydroxyl groups is 1. The lowest BCUT2D eigenvalue weighted by molar-refractivity contribution is -0.123. The van der Waals surface area contributed by atoms with Crippen LogP contribution < -0.4 is 10.6 Å². The van der Waals surface area contributed by atoms with Crippen LogP contribution in [-0.2, 0) is 9.59 Å². The van der Waals surface area contributed by atoms with Gasteiger partial charge in [-0.15, -0.1) is 0 Å². The van der Waals surface area contributed by atoms with E-state index in [1.54, 1.807) is 0 Å². The molecule has 2 amide bonds. The molecule has 3 N–H and O–H groups in total. The Hall–Kier alpha value is -1.10. The topological polar surface area (TPSA) is 78.4 Å². The van der Waals surface area contributed by atoms with E-state index in [-0.39, 0.29) is 29.8 Å². The minimum atomic E-state index is -0.0200. The van der Waals surface area contributed by atoms with E-state index in [2.05, 4.69) is 17.6 Å². The smallest absolute Gasteiger partial charge is 0.223 e. The van der Waals surface area contributed by atoms with E-state index in [1.807, 2.05) is 0 Å². The molecule has 5 nitrogen and oxygen atoms in total. The Balaban J connectivity index is 1.54. The lowest BCUT2D eigenvalue weighted by Gasteiger charge is -2.14. The Morgan fingerprint density at radius 2 is 2.00 bits per heavy atom. The number of rotatable bonds is 8. The summed E-state index contributed by atoms with van der Waals surface area (Å²) >= 11 is 0. The monoisotopic (exact) mass is 268 g/mol. The SMILES string of the molecule is CC1CC1C(=O)NCCC(=O)NCC1(CCO)CC1. The third-order valence-corrected chi connectivity index (χ3v) is 4.36. The Kier molecular flexibility index (Phi) is 4.45. The van der Waals surface area contributed by atoms with Crippen LogP contribution in [-0.4, -0.2) is 36.6 Å². The predicted molar refractivity (Wildman–Crippen MR) is 71.3 cm³/mol. The van der Waals surface area contributed by atoms with Gasteiger partial charge in [-0.25, -0.2) is 0 Å². The fourth-order valence-electron chi connectivity index (χ4n) is 2.42. The Morgan fingerprint density at radius 3 is 2.53 bits per heavy atom. The van der Waals surface area contributed by atoms with E-state index >= 15 is 0 Å². The van der Waals surface area contributed by atoms with Crippen LogP contribution in [0.2, 0.25) is 0 Å². The summed E-state index contributed by atoms with van der Waals surface area (Å²) in [6.45, 7) is 3.32. The van der Waals surface area contributed by atoms with Crippen molar-refractivity contribution in [2.45, 2.75) is 39.0 Å². The number of amides is 2. The molecule has 0 aromatic heterocycles. The summed E-state index contributed by atoms with van der Waals surface area (Å²) in [5.41, 5.74) is 0.150. The van der Waals surface area contributed by atoms with Gasteiger partial charge in [0.2, 0.25) is 11.8 Å². The van der Waals surface area contributed by atoms with Crippen LogP contribution in [0.4, 0.5) is 0 Å². The molecule has 0 heterocycles. The Bertz CT molecular complexity index is 353. The van der Waals surface area contributed by atoms with Gasteiger partial charge in [0.15, 0.2) is 0 Å². The lowest BCUT2D eigenvalue weighted by atomic mass is 10.0. The second-order valence-electron chi connectivity index (χ2n) is 6.11. The summed E-state index contributed by atoms with van der Waals surface area (Å²) in [5.74, 6) is 0.733. The summed E-state index contributed by atoms with van der Waals surface area (Å²) < 4.78 is 0. The van der Waals surface area contributed by atoms with Crippen molar-refractivity contribution in [1.29, 1.82) is 0 Å². The highest BCUT2D eigenvalue weighted by molar-refractivity contribution is 5.82. The van der Waals surface area contributed by atoms with Crippen molar-refractivity contribution < 1.29 is 14.7 Å². The van der Waals surface area contributed by atoms with Crippen molar-refractivity contribution in [3.8, 4) is 0 Å². The molecule has 0 saturated heterocycles. The van der Waals surface area contributed by atoms with E-state index in [0.717, 1.165) is 25.7 Å². The molecule has 2 fully saturated rings.